The van der Waals surface area contributed by atoms with Crippen LogP contribution in [0.25, 0.3) is 0 Å². The molecule has 0 saturated heterocycles. The highest BCUT2D eigenvalue weighted by molar-refractivity contribution is 7.89. The maximum Gasteiger partial charge on any atom is 0.242 e. The molecule has 2 N–H and O–H groups in total. The van der Waals surface area contributed by atoms with Gasteiger partial charge in [0, 0.05) is 11.8 Å². The summed E-state index contributed by atoms with van der Waals surface area (Å²) < 4.78 is 39.3. The van der Waals surface area contributed by atoms with Crippen molar-refractivity contribution in [1.29, 1.82) is 0 Å². The maximum absolute atomic E-state index is 13.2. The average molecular weight is 469 g/mol. The molecule has 7 nitrogen and oxygen atoms in total. The SMILES string of the molecule is COc1ccc(S(=O)(=O)NC(Cc2ccccc2)C(=O)Nc2cc(C)cc(C)c2)cc1OC. The van der Waals surface area contributed by atoms with Crippen molar-refractivity contribution in [3.8, 4) is 11.5 Å². The molecule has 0 radical (unpaired) electrons. The van der Waals surface area contributed by atoms with Gasteiger partial charge in [-0.3, -0.25) is 4.79 Å². The lowest BCUT2D eigenvalue weighted by Crippen LogP contribution is -2.45. The highest BCUT2D eigenvalue weighted by Crippen LogP contribution is 2.29. The van der Waals surface area contributed by atoms with Gasteiger partial charge in [0.05, 0.1) is 19.1 Å². The lowest BCUT2D eigenvalue weighted by molar-refractivity contribution is -0.117. The molecule has 0 saturated carbocycles. The predicted molar refractivity (Wildman–Crippen MR) is 128 cm³/mol. The number of hydrogen-bond donors (Lipinski definition) is 2. The summed E-state index contributed by atoms with van der Waals surface area (Å²) in [5, 5.41) is 2.85. The van der Waals surface area contributed by atoms with E-state index in [1.54, 1.807) is 0 Å². The minimum atomic E-state index is -4.04. The van der Waals surface area contributed by atoms with Gasteiger partial charge in [-0.1, -0.05) is 36.4 Å². The van der Waals surface area contributed by atoms with E-state index in [1.165, 1.54) is 32.4 Å². The average Bonchev–Trinajstić information content (AvgIpc) is 2.78. The quantitative estimate of drug-likeness (QED) is 0.498. The Labute approximate surface area is 194 Å². The summed E-state index contributed by atoms with van der Waals surface area (Å²) in [6.45, 7) is 3.87. The fraction of sp³-hybridized carbons (Fsp3) is 0.240. The number of methoxy groups -OCH3 is 2. The van der Waals surface area contributed by atoms with E-state index >= 15 is 0 Å². The van der Waals surface area contributed by atoms with Gasteiger partial charge in [0.2, 0.25) is 15.9 Å². The van der Waals surface area contributed by atoms with Crippen molar-refractivity contribution in [2.45, 2.75) is 31.2 Å². The van der Waals surface area contributed by atoms with Gasteiger partial charge in [-0.15, -0.1) is 0 Å². The summed E-state index contributed by atoms with van der Waals surface area (Å²) in [7, 11) is -1.14. The van der Waals surface area contributed by atoms with E-state index in [9.17, 15) is 13.2 Å². The van der Waals surface area contributed by atoms with Gasteiger partial charge in [-0.05, 0) is 61.2 Å². The first kappa shape index (κ1) is 24.3. The zero-order valence-electron chi connectivity index (χ0n) is 19.1. The summed E-state index contributed by atoms with van der Waals surface area (Å²) in [5.74, 6) is 0.234. The molecule has 0 aliphatic heterocycles. The largest absolute Gasteiger partial charge is 0.493 e. The first-order valence-corrected chi connectivity index (χ1v) is 11.9. The summed E-state index contributed by atoms with van der Waals surface area (Å²) in [5.41, 5.74) is 3.43. The van der Waals surface area contributed by atoms with Gasteiger partial charge in [0.1, 0.15) is 6.04 Å². The van der Waals surface area contributed by atoms with Crippen LogP contribution < -0.4 is 19.5 Å². The number of amides is 1. The Hall–Kier alpha value is -3.36. The molecule has 1 unspecified atom stereocenters. The normalized spacial score (nSPS) is 12.1. The van der Waals surface area contributed by atoms with Gasteiger partial charge < -0.3 is 14.8 Å². The number of benzene rings is 3. The van der Waals surface area contributed by atoms with Gasteiger partial charge in [0.25, 0.3) is 0 Å². The molecule has 1 amide bonds. The Balaban J connectivity index is 1.91. The molecule has 8 heteroatoms. The van der Waals surface area contributed by atoms with Crippen LogP contribution in [-0.2, 0) is 21.2 Å². The number of nitrogens with one attached hydrogen (secondary N) is 2. The number of hydrogen-bond acceptors (Lipinski definition) is 5. The van der Waals surface area contributed by atoms with Gasteiger partial charge in [-0.25, -0.2) is 8.42 Å². The lowest BCUT2D eigenvalue weighted by Gasteiger charge is -2.20. The third-order valence-corrected chi connectivity index (χ3v) is 6.52. The van der Waals surface area contributed by atoms with Gasteiger partial charge in [-0.2, -0.15) is 4.72 Å². The van der Waals surface area contributed by atoms with Crippen LogP contribution in [0.2, 0.25) is 0 Å². The van der Waals surface area contributed by atoms with Crippen molar-refractivity contribution in [1.82, 2.24) is 4.72 Å². The van der Waals surface area contributed by atoms with E-state index in [0.29, 0.717) is 11.4 Å². The van der Waals surface area contributed by atoms with Crippen LogP contribution in [-0.4, -0.2) is 34.6 Å². The second kappa shape index (κ2) is 10.5. The molecule has 0 aliphatic rings. The van der Waals surface area contributed by atoms with E-state index in [0.717, 1.165) is 16.7 Å². The molecular weight excluding hydrogens is 440 g/mol. The van der Waals surface area contributed by atoms with E-state index in [-0.39, 0.29) is 17.1 Å². The topological polar surface area (TPSA) is 93.7 Å². The van der Waals surface area contributed by atoms with Crippen LogP contribution in [0.3, 0.4) is 0 Å². The predicted octanol–water partition coefficient (Wildman–Crippen LogP) is 3.85. The first-order valence-electron chi connectivity index (χ1n) is 10.4. The minimum absolute atomic E-state index is 0.0302. The number of rotatable bonds is 9. The third kappa shape index (κ3) is 6.34. The Morgan fingerprint density at radius 2 is 1.52 bits per heavy atom. The Bertz CT molecular complexity index is 1210. The molecule has 3 aromatic rings. The van der Waals surface area contributed by atoms with E-state index < -0.39 is 22.0 Å². The van der Waals surface area contributed by atoms with Crippen molar-refractivity contribution < 1.29 is 22.7 Å². The van der Waals surface area contributed by atoms with Crippen molar-refractivity contribution in [2.24, 2.45) is 0 Å². The van der Waals surface area contributed by atoms with Crippen LogP contribution in [0.4, 0.5) is 5.69 Å². The molecule has 0 spiro atoms. The van der Waals surface area contributed by atoms with Crippen LogP contribution in [0.15, 0.2) is 71.6 Å². The molecule has 0 fully saturated rings. The van der Waals surface area contributed by atoms with Crippen LogP contribution in [0.5, 0.6) is 11.5 Å². The third-order valence-electron chi connectivity index (χ3n) is 5.05. The molecular formula is C25H28N2O5S. The number of aryl methyl sites for hydroxylation is 2. The minimum Gasteiger partial charge on any atom is -0.493 e. The molecule has 1 atom stereocenters. The maximum atomic E-state index is 13.2. The molecule has 0 aliphatic carbocycles. The van der Waals surface area contributed by atoms with E-state index in [4.69, 9.17) is 9.47 Å². The summed E-state index contributed by atoms with van der Waals surface area (Å²) in [6.07, 6.45) is 0.185. The molecule has 174 valence electrons. The zero-order valence-corrected chi connectivity index (χ0v) is 19.9. The van der Waals surface area contributed by atoms with Crippen molar-refractivity contribution in [2.75, 3.05) is 19.5 Å². The number of carbonyl (C=O) groups excluding carboxylic acids is 1. The standard InChI is InChI=1S/C25H28N2O5S/c1-17-12-18(2)14-20(13-17)26-25(28)22(15-19-8-6-5-7-9-19)27-33(29,30)21-10-11-23(31-3)24(16-21)32-4/h5-14,16,22,27H,15H2,1-4H3,(H,26,28). The smallest absolute Gasteiger partial charge is 0.242 e. The van der Waals surface area contributed by atoms with Crippen molar-refractivity contribution >= 4 is 21.6 Å². The summed E-state index contributed by atoms with van der Waals surface area (Å²) in [6, 6.07) is 18.2. The summed E-state index contributed by atoms with van der Waals surface area (Å²) >= 11 is 0. The fourth-order valence-electron chi connectivity index (χ4n) is 3.55. The number of anilines is 1. The number of sulfonamides is 1. The van der Waals surface area contributed by atoms with E-state index in [1.807, 2.05) is 62.4 Å². The molecule has 3 aromatic carbocycles. The second-order valence-electron chi connectivity index (χ2n) is 7.75. The second-order valence-corrected chi connectivity index (χ2v) is 9.46. The molecule has 0 heterocycles. The Morgan fingerprint density at radius 3 is 2.12 bits per heavy atom. The fourth-order valence-corrected chi connectivity index (χ4v) is 4.76. The van der Waals surface area contributed by atoms with Crippen molar-refractivity contribution in [3.63, 3.8) is 0 Å². The van der Waals surface area contributed by atoms with Crippen LogP contribution in [0.1, 0.15) is 16.7 Å². The van der Waals surface area contributed by atoms with Crippen LogP contribution in [0, 0.1) is 13.8 Å². The van der Waals surface area contributed by atoms with Gasteiger partial charge in [0.15, 0.2) is 11.5 Å². The monoisotopic (exact) mass is 468 g/mol. The highest BCUT2D eigenvalue weighted by Gasteiger charge is 2.27. The first-order chi connectivity index (χ1) is 15.7. The number of carbonyl (C=O) groups is 1. The molecule has 0 bridgehead atoms. The van der Waals surface area contributed by atoms with Gasteiger partial charge >= 0.3 is 0 Å². The van der Waals surface area contributed by atoms with Crippen LogP contribution >= 0.6 is 0 Å². The Kier molecular flexibility index (Phi) is 7.73. The highest BCUT2D eigenvalue weighted by atomic mass is 32.2. The Morgan fingerprint density at radius 1 is 0.879 bits per heavy atom. The van der Waals surface area contributed by atoms with E-state index in [2.05, 4.69) is 10.0 Å². The lowest BCUT2D eigenvalue weighted by atomic mass is 10.1. The molecule has 0 aromatic heterocycles. The summed E-state index contributed by atoms with van der Waals surface area (Å²) in [4.78, 5) is 13.2. The number of ether oxygens (including phenoxy) is 2. The zero-order chi connectivity index (χ0) is 24.0. The molecule has 33 heavy (non-hydrogen) atoms. The van der Waals surface area contributed by atoms with Crippen molar-refractivity contribution in [3.05, 3.63) is 83.4 Å². The molecule has 3 rings (SSSR count).